The van der Waals surface area contributed by atoms with Gasteiger partial charge in [-0.2, -0.15) is 0 Å². The van der Waals surface area contributed by atoms with Gasteiger partial charge >= 0.3 is 0 Å². The van der Waals surface area contributed by atoms with Crippen molar-refractivity contribution in [3.63, 3.8) is 0 Å². The van der Waals surface area contributed by atoms with Crippen molar-refractivity contribution in [2.24, 2.45) is 0 Å². The normalized spacial score (nSPS) is 11.5. The van der Waals surface area contributed by atoms with E-state index in [4.69, 9.17) is 31.9 Å². The number of nitrogens with one attached hydrogen (secondary N) is 2. The summed E-state index contributed by atoms with van der Waals surface area (Å²) in [6, 6.07) is 10.1. The fourth-order valence-electron chi connectivity index (χ4n) is 1.91. The molecule has 0 saturated heterocycles. The molecule has 0 aliphatic heterocycles. The molecule has 2 atom stereocenters. The number of phenolic OH excluding ortho intramolecular Hbond substituents is 2. The fraction of sp³-hybridized carbons (Fsp3) is 0.211. The van der Waals surface area contributed by atoms with Gasteiger partial charge in [-0.3, -0.25) is 9.59 Å². The van der Waals surface area contributed by atoms with Crippen LogP contribution in [0.25, 0.3) is 11.5 Å². The Hall–Kier alpha value is -2.58. The zero-order valence-electron chi connectivity index (χ0n) is 15.1. The molecule has 9 heteroatoms. The van der Waals surface area contributed by atoms with Crippen LogP contribution < -0.4 is 0 Å². The van der Waals surface area contributed by atoms with Crippen molar-refractivity contribution in [2.45, 2.75) is 24.9 Å². The Morgan fingerprint density at radius 3 is 1.18 bits per heavy atom. The van der Waals surface area contributed by atoms with Gasteiger partial charge in [0.05, 0.1) is 0 Å². The number of hydrogen-bond donors (Lipinski definition) is 4. The molecule has 28 heavy (non-hydrogen) atoms. The van der Waals surface area contributed by atoms with E-state index in [1.807, 2.05) is 0 Å². The molecule has 0 spiro atoms. The van der Waals surface area contributed by atoms with Crippen LogP contribution in [0.4, 0.5) is 0 Å². The molecule has 0 fully saturated rings. The van der Waals surface area contributed by atoms with Crippen molar-refractivity contribution in [2.75, 3.05) is 0 Å². The van der Waals surface area contributed by atoms with E-state index < -0.39 is 24.0 Å². The van der Waals surface area contributed by atoms with Gasteiger partial charge in [0.25, 0.3) is 11.9 Å². The smallest absolute Gasteiger partial charge is 0.285 e. The quantitative estimate of drug-likeness (QED) is 0.399. The number of carboxylic acids is 2. The zero-order chi connectivity index (χ0) is 19.7. The number of aliphatic carboxylic acids is 2. The number of carboxylic acid groups (broad SMARTS) is 2. The van der Waals surface area contributed by atoms with E-state index in [1.165, 1.54) is 24.3 Å². The largest absolute Gasteiger partial charge is 0.665 e. The van der Waals surface area contributed by atoms with Crippen LogP contribution in [0.3, 0.4) is 0 Å². The molecule has 8 nitrogen and oxygen atoms in total. The molecule has 0 aliphatic carbocycles. The van der Waals surface area contributed by atoms with Gasteiger partial charge in [0, 0.05) is 17.1 Å². The topological polar surface area (TPSA) is 163 Å². The Kier molecular flexibility index (Phi) is 13.4. The second-order valence-corrected chi connectivity index (χ2v) is 5.52. The monoisotopic (exact) mass is 438 g/mol. The number of aromatic hydroxyl groups is 2. The van der Waals surface area contributed by atoms with E-state index in [1.54, 1.807) is 24.3 Å². The van der Waals surface area contributed by atoms with Gasteiger partial charge < -0.3 is 39.3 Å². The molecule has 0 heterocycles. The number of rotatable bonds is 6. The van der Waals surface area contributed by atoms with Crippen molar-refractivity contribution < 1.29 is 47.1 Å². The maximum atomic E-state index is 10.3. The van der Waals surface area contributed by atoms with E-state index in [0.29, 0.717) is 0 Å². The van der Waals surface area contributed by atoms with Crippen molar-refractivity contribution in [1.82, 2.24) is 0 Å². The Balaban J connectivity index is 0. The first-order valence-electron chi connectivity index (χ1n) is 7.62. The molecule has 0 unspecified atom stereocenters. The minimum atomic E-state index is -1.13. The van der Waals surface area contributed by atoms with Gasteiger partial charge in [0.2, 0.25) is 0 Å². The molecule has 6 N–H and O–H groups in total. The standard InChI is InChI=1S/2C9H10NO3.CH3.Cu/c2*10-8(9(12)13)5-6-1-3-7(11)4-2-6;;/h2*1-4,8,10-11H,5H2,(H,12,13);1H3;/q3*-1;/t2*8-;;/m00../s1. The summed E-state index contributed by atoms with van der Waals surface area (Å²) in [5, 5.41) is 34.8. The second kappa shape index (κ2) is 13.6. The molecular formula is C19H23CuN2O6-3. The van der Waals surface area contributed by atoms with Crippen molar-refractivity contribution in [3.8, 4) is 11.5 Å². The van der Waals surface area contributed by atoms with E-state index >= 15 is 0 Å². The summed E-state index contributed by atoms with van der Waals surface area (Å²) in [6.07, 6.45) is 0.325. The molecule has 0 bridgehead atoms. The summed E-state index contributed by atoms with van der Waals surface area (Å²) < 4.78 is 0. The minimum absolute atomic E-state index is 0. The molecule has 1 radical (unpaired) electrons. The maximum Gasteiger partial charge on any atom is 0.285 e. The Labute approximate surface area is 174 Å². The Bertz CT molecular complexity index is 659. The van der Waals surface area contributed by atoms with Crippen molar-refractivity contribution in [3.05, 3.63) is 78.6 Å². The van der Waals surface area contributed by atoms with Gasteiger partial charge in [-0.05, 0) is 60.3 Å². The third-order valence-electron chi connectivity index (χ3n) is 3.35. The van der Waals surface area contributed by atoms with E-state index in [-0.39, 0.29) is 48.8 Å². The number of phenols is 2. The average Bonchev–Trinajstić information content (AvgIpc) is 2.59. The van der Waals surface area contributed by atoms with Gasteiger partial charge in [-0.1, -0.05) is 24.3 Å². The molecule has 0 aliphatic rings. The maximum absolute atomic E-state index is 10.3. The average molecular weight is 439 g/mol. The minimum Gasteiger partial charge on any atom is -0.665 e. The van der Waals surface area contributed by atoms with Gasteiger partial charge in [-0.15, -0.1) is 0 Å². The van der Waals surface area contributed by atoms with E-state index in [0.717, 1.165) is 11.1 Å². The molecule has 159 valence electrons. The molecule has 0 aromatic heterocycles. The summed E-state index contributed by atoms with van der Waals surface area (Å²) in [5.74, 6) is -1.98. The molecule has 0 amide bonds. The van der Waals surface area contributed by atoms with Crippen LogP contribution in [0.1, 0.15) is 11.1 Å². The van der Waals surface area contributed by atoms with Gasteiger partial charge in [0.1, 0.15) is 11.5 Å². The van der Waals surface area contributed by atoms with Gasteiger partial charge in [-0.25, -0.2) is 0 Å². The molecule has 2 rings (SSSR count). The van der Waals surface area contributed by atoms with Crippen LogP contribution in [0.15, 0.2) is 48.5 Å². The molecular weight excluding hydrogens is 416 g/mol. The molecule has 0 saturated carbocycles. The third kappa shape index (κ3) is 10.5. The van der Waals surface area contributed by atoms with Crippen molar-refractivity contribution >= 4 is 11.9 Å². The first-order chi connectivity index (χ1) is 12.2. The van der Waals surface area contributed by atoms with Crippen LogP contribution in [-0.4, -0.2) is 44.4 Å². The van der Waals surface area contributed by atoms with Crippen LogP contribution in [0, 0.1) is 7.43 Å². The Morgan fingerprint density at radius 2 is 0.964 bits per heavy atom. The SMILES string of the molecule is [CH3-].[Cu].[NH-][C@@H](Cc1ccc(O)cc1)C(=O)O.[NH-][C@@H](Cc1ccc(O)cc1)C(=O)O. The van der Waals surface area contributed by atoms with E-state index in [9.17, 15) is 9.59 Å². The fourth-order valence-corrected chi connectivity index (χ4v) is 1.91. The third-order valence-corrected chi connectivity index (χ3v) is 3.35. The van der Waals surface area contributed by atoms with Crippen molar-refractivity contribution in [1.29, 1.82) is 0 Å². The summed E-state index contributed by atoms with van der Waals surface area (Å²) >= 11 is 0. The summed E-state index contributed by atoms with van der Waals surface area (Å²) in [4.78, 5) is 20.7. The predicted octanol–water partition coefficient (Wildman–Crippen LogP) is 3.33. The zero-order valence-corrected chi connectivity index (χ0v) is 16.0. The summed E-state index contributed by atoms with van der Waals surface area (Å²) in [6.45, 7) is 0. The molecule has 2 aromatic rings. The number of hydrogen-bond acceptors (Lipinski definition) is 4. The second-order valence-electron chi connectivity index (χ2n) is 5.52. The van der Waals surface area contributed by atoms with E-state index in [2.05, 4.69) is 0 Å². The molecule has 2 aromatic carbocycles. The first-order valence-corrected chi connectivity index (χ1v) is 7.62. The summed E-state index contributed by atoms with van der Waals surface area (Å²) in [7, 11) is 0. The predicted molar refractivity (Wildman–Crippen MR) is 102 cm³/mol. The first kappa shape index (κ1) is 27.6. The number of carbonyl (C=O) groups is 2. The number of benzene rings is 2. The Morgan fingerprint density at radius 1 is 0.714 bits per heavy atom. The van der Waals surface area contributed by atoms with Gasteiger partial charge in [0.15, 0.2) is 0 Å². The van der Waals surface area contributed by atoms with Crippen LogP contribution >= 0.6 is 0 Å². The van der Waals surface area contributed by atoms with Crippen LogP contribution in [0.5, 0.6) is 11.5 Å². The van der Waals surface area contributed by atoms with Crippen LogP contribution in [-0.2, 0) is 39.5 Å². The van der Waals surface area contributed by atoms with Crippen LogP contribution in [0.2, 0.25) is 0 Å². The summed E-state index contributed by atoms with van der Waals surface area (Å²) in [5.41, 5.74) is 15.8.